The standard InChI is InChI=1S/C12H11F3O/c13-12(14,15)9-3-1-2-7-8-4-6(11(7)9)5-10(8)16/h1-3,6,8,10,16H,4-5H2/t6-,8-,10+/m0/s1. The molecule has 0 aromatic heterocycles. The van der Waals surface area contributed by atoms with Crippen molar-refractivity contribution in [1.82, 2.24) is 0 Å². The summed E-state index contributed by atoms with van der Waals surface area (Å²) in [4.78, 5) is 0. The Hall–Kier alpha value is -1.03. The summed E-state index contributed by atoms with van der Waals surface area (Å²) in [6.07, 6.45) is -3.59. The lowest BCUT2D eigenvalue weighted by Gasteiger charge is -2.23. The predicted molar refractivity (Wildman–Crippen MR) is 52.2 cm³/mol. The molecule has 2 aliphatic carbocycles. The number of hydrogen-bond donors (Lipinski definition) is 1. The van der Waals surface area contributed by atoms with E-state index in [0.29, 0.717) is 24.0 Å². The van der Waals surface area contributed by atoms with Gasteiger partial charge >= 0.3 is 6.18 Å². The van der Waals surface area contributed by atoms with Crippen LogP contribution in [0.15, 0.2) is 18.2 Å². The Balaban J connectivity index is 2.17. The monoisotopic (exact) mass is 228 g/mol. The molecule has 0 unspecified atom stereocenters. The van der Waals surface area contributed by atoms with Crippen LogP contribution in [0.25, 0.3) is 0 Å². The molecule has 1 nitrogen and oxygen atoms in total. The first kappa shape index (κ1) is 10.1. The van der Waals surface area contributed by atoms with E-state index >= 15 is 0 Å². The number of benzene rings is 1. The maximum atomic E-state index is 12.8. The molecule has 0 saturated heterocycles. The van der Waals surface area contributed by atoms with Crippen LogP contribution in [0.1, 0.15) is 41.4 Å². The first-order valence-corrected chi connectivity index (χ1v) is 5.36. The van der Waals surface area contributed by atoms with Gasteiger partial charge in [0.25, 0.3) is 0 Å². The maximum Gasteiger partial charge on any atom is 0.416 e. The lowest BCUT2D eigenvalue weighted by Crippen LogP contribution is -2.19. The van der Waals surface area contributed by atoms with Crippen LogP contribution in [0.4, 0.5) is 13.2 Å². The average Bonchev–Trinajstić information content (AvgIpc) is 2.73. The smallest absolute Gasteiger partial charge is 0.392 e. The van der Waals surface area contributed by atoms with Gasteiger partial charge in [0.05, 0.1) is 11.7 Å². The van der Waals surface area contributed by atoms with E-state index in [1.165, 1.54) is 6.07 Å². The van der Waals surface area contributed by atoms with Crippen LogP contribution in [0, 0.1) is 0 Å². The minimum Gasteiger partial charge on any atom is -0.392 e. The molecule has 2 aliphatic rings. The van der Waals surface area contributed by atoms with Crippen molar-refractivity contribution in [3.63, 3.8) is 0 Å². The number of alkyl halides is 3. The molecule has 1 N–H and O–H groups in total. The lowest BCUT2D eigenvalue weighted by atomic mass is 9.86. The molecule has 4 heteroatoms. The zero-order valence-corrected chi connectivity index (χ0v) is 8.46. The fourth-order valence-corrected chi connectivity index (χ4v) is 3.19. The van der Waals surface area contributed by atoms with Gasteiger partial charge in [-0.3, -0.25) is 0 Å². The third kappa shape index (κ3) is 1.22. The molecule has 86 valence electrons. The summed E-state index contributed by atoms with van der Waals surface area (Å²) < 4.78 is 38.4. The summed E-state index contributed by atoms with van der Waals surface area (Å²) in [6, 6.07) is 4.30. The largest absolute Gasteiger partial charge is 0.416 e. The van der Waals surface area contributed by atoms with Gasteiger partial charge in [-0.1, -0.05) is 12.1 Å². The van der Waals surface area contributed by atoms with Gasteiger partial charge in [0.1, 0.15) is 0 Å². The second-order valence-electron chi connectivity index (χ2n) is 4.65. The van der Waals surface area contributed by atoms with Gasteiger partial charge in [-0.05, 0) is 36.0 Å². The normalized spacial score (nSPS) is 31.9. The third-order valence-corrected chi connectivity index (χ3v) is 3.78. The predicted octanol–water partition coefficient (Wildman–Crippen LogP) is 3.04. The molecule has 2 bridgehead atoms. The first-order chi connectivity index (χ1) is 7.48. The number of aliphatic hydroxyl groups is 1. The van der Waals surface area contributed by atoms with Crippen molar-refractivity contribution in [3.05, 3.63) is 34.9 Å². The van der Waals surface area contributed by atoms with Crippen molar-refractivity contribution < 1.29 is 18.3 Å². The number of fused-ring (bicyclic) bond motifs is 5. The van der Waals surface area contributed by atoms with Gasteiger partial charge in [-0.25, -0.2) is 0 Å². The van der Waals surface area contributed by atoms with Gasteiger partial charge in [0, 0.05) is 5.92 Å². The van der Waals surface area contributed by atoms with Crippen molar-refractivity contribution in [2.75, 3.05) is 0 Å². The van der Waals surface area contributed by atoms with E-state index in [1.807, 2.05) is 0 Å². The Morgan fingerprint density at radius 1 is 1.19 bits per heavy atom. The molecule has 1 saturated carbocycles. The van der Waals surface area contributed by atoms with Gasteiger partial charge in [0.15, 0.2) is 0 Å². The number of hydrogen-bond acceptors (Lipinski definition) is 1. The minimum absolute atomic E-state index is 0.0812. The summed E-state index contributed by atoms with van der Waals surface area (Å²) in [6.45, 7) is 0. The molecule has 16 heavy (non-hydrogen) atoms. The van der Waals surface area contributed by atoms with Crippen molar-refractivity contribution in [3.8, 4) is 0 Å². The highest BCUT2D eigenvalue weighted by Crippen LogP contribution is 2.55. The van der Waals surface area contributed by atoms with Gasteiger partial charge in [-0.2, -0.15) is 13.2 Å². The van der Waals surface area contributed by atoms with Crippen LogP contribution >= 0.6 is 0 Å². The lowest BCUT2D eigenvalue weighted by molar-refractivity contribution is -0.138. The SMILES string of the molecule is O[C@@H]1C[C@@H]2C[C@H]1c1cccc(C(F)(F)F)c12. The molecule has 0 radical (unpaired) electrons. The molecule has 1 aromatic carbocycles. The van der Waals surface area contributed by atoms with Crippen LogP contribution < -0.4 is 0 Å². The van der Waals surface area contributed by atoms with E-state index in [9.17, 15) is 18.3 Å². The van der Waals surface area contributed by atoms with E-state index in [1.54, 1.807) is 6.07 Å². The Kier molecular flexibility index (Phi) is 1.90. The Morgan fingerprint density at radius 2 is 1.94 bits per heavy atom. The van der Waals surface area contributed by atoms with Gasteiger partial charge < -0.3 is 5.11 Å². The summed E-state index contributed by atoms with van der Waals surface area (Å²) >= 11 is 0. The zero-order valence-electron chi connectivity index (χ0n) is 8.46. The quantitative estimate of drug-likeness (QED) is 0.723. The maximum absolute atomic E-state index is 12.8. The molecular formula is C12H11F3O. The molecule has 0 amide bonds. The summed E-state index contributed by atoms with van der Waals surface area (Å²) in [5.74, 6) is -0.185. The van der Waals surface area contributed by atoms with Crippen LogP contribution in [0.5, 0.6) is 0 Å². The third-order valence-electron chi connectivity index (χ3n) is 3.78. The number of rotatable bonds is 0. The van der Waals surface area contributed by atoms with E-state index in [0.717, 1.165) is 6.07 Å². The number of aliphatic hydroxyl groups excluding tert-OH is 1. The number of halogens is 3. The summed E-state index contributed by atoms with van der Waals surface area (Å²) in [5, 5.41) is 9.68. The topological polar surface area (TPSA) is 20.2 Å². The minimum atomic E-state index is -4.28. The van der Waals surface area contributed by atoms with Crippen molar-refractivity contribution in [2.24, 2.45) is 0 Å². The van der Waals surface area contributed by atoms with Crippen molar-refractivity contribution >= 4 is 0 Å². The molecule has 0 heterocycles. The van der Waals surface area contributed by atoms with Gasteiger partial charge in [0.2, 0.25) is 0 Å². The highest BCUT2D eigenvalue weighted by Gasteiger charge is 2.47. The second kappa shape index (κ2) is 3.00. The highest BCUT2D eigenvalue weighted by atomic mass is 19.4. The molecule has 0 spiro atoms. The molecule has 1 aromatic rings. The Morgan fingerprint density at radius 3 is 2.62 bits per heavy atom. The fourth-order valence-electron chi connectivity index (χ4n) is 3.19. The average molecular weight is 228 g/mol. The summed E-state index contributed by atoms with van der Waals surface area (Å²) in [7, 11) is 0. The highest BCUT2D eigenvalue weighted by molar-refractivity contribution is 5.48. The summed E-state index contributed by atoms with van der Waals surface area (Å²) in [5.41, 5.74) is 0.633. The molecular weight excluding hydrogens is 217 g/mol. The molecule has 3 atom stereocenters. The van der Waals surface area contributed by atoms with E-state index in [4.69, 9.17) is 0 Å². The van der Waals surface area contributed by atoms with E-state index in [2.05, 4.69) is 0 Å². The van der Waals surface area contributed by atoms with Crippen molar-refractivity contribution in [1.29, 1.82) is 0 Å². The van der Waals surface area contributed by atoms with Crippen LogP contribution in [0.3, 0.4) is 0 Å². The zero-order chi connectivity index (χ0) is 11.5. The van der Waals surface area contributed by atoms with Crippen molar-refractivity contribution in [2.45, 2.75) is 37.0 Å². The van der Waals surface area contributed by atoms with E-state index in [-0.39, 0.29) is 11.8 Å². The van der Waals surface area contributed by atoms with E-state index < -0.39 is 17.8 Å². The molecule has 1 fully saturated rings. The van der Waals surface area contributed by atoms with Crippen LogP contribution in [0.2, 0.25) is 0 Å². The fraction of sp³-hybridized carbons (Fsp3) is 0.500. The Bertz CT molecular complexity index is 438. The van der Waals surface area contributed by atoms with Gasteiger partial charge in [-0.15, -0.1) is 0 Å². The van der Waals surface area contributed by atoms with Crippen LogP contribution in [-0.4, -0.2) is 11.2 Å². The van der Waals surface area contributed by atoms with Crippen LogP contribution in [-0.2, 0) is 6.18 Å². The Labute approximate surface area is 90.9 Å². The second-order valence-corrected chi connectivity index (χ2v) is 4.65. The molecule has 0 aliphatic heterocycles. The molecule has 3 rings (SSSR count). The first-order valence-electron chi connectivity index (χ1n) is 5.36.